The molecule has 1 unspecified atom stereocenters. The summed E-state index contributed by atoms with van der Waals surface area (Å²) in [6, 6.07) is 4.81. The van der Waals surface area contributed by atoms with Crippen LogP contribution in [0.3, 0.4) is 0 Å². The van der Waals surface area contributed by atoms with Crippen LogP contribution >= 0.6 is 15.9 Å². The molecule has 0 aliphatic carbocycles. The third kappa shape index (κ3) is 3.70. The molecule has 19 heavy (non-hydrogen) atoms. The Hall–Kier alpha value is -1.07. The highest BCUT2D eigenvalue weighted by atomic mass is 79.9. The van der Waals surface area contributed by atoms with Crippen LogP contribution in [0.1, 0.15) is 31.2 Å². The van der Waals surface area contributed by atoms with E-state index in [1.54, 1.807) is 12.1 Å². The Balaban J connectivity index is 2.18. The maximum Gasteiger partial charge on any atom is 0.320 e. The van der Waals surface area contributed by atoms with Crippen molar-refractivity contribution in [1.29, 1.82) is 0 Å². The number of benzene rings is 1. The van der Waals surface area contributed by atoms with Gasteiger partial charge < -0.3 is 10.2 Å². The number of nitrogens with zero attached hydrogens (tertiary/aromatic N) is 1. The number of hydrogen-bond donors (Lipinski definition) is 2. The van der Waals surface area contributed by atoms with Crippen LogP contribution in [0.5, 0.6) is 5.75 Å². The first kappa shape index (κ1) is 14.3. The molecule has 2 N–H and O–H groups in total. The molecule has 0 spiro atoms. The van der Waals surface area contributed by atoms with Crippen LogP contribution < -0.4 is 0 Å². The number of aliphatic carboxylic acids is 1. The van der Waals surface area contributed by atoms with Crippen molar-refractivity contribution in [3.8, 4) is 5.75 Å². The highest BCUT2D eigenvalue weighted by Crippen LogP contribution is 2.26. The van der Waals surface area contributed by atoms with E-state index in [0.29, 0.717) is 13.0 Å². The molecule has 0 bridgehead atoms. The number of phenols is 1. The Morgan fingerprint density at radius 3 is 2.89 bits per heavy atom. The van der Waals surface area contributed by atoms with Gasteiger partial charge in [0.25, 0.3) is 0 Å². The quantitative estimate of drug-likeness (QED) is 0.895. The summed E-state index contributed by atoms with van der Waals surface area (Å²) in [6.45, 7) is 1.24. The number of phenolic OH excluding ortho intramolecular Hbond substituents is 1. The second-order valence-electron chi connectivity index (χ2n) is 4.95. The van der Waals surface area contributed by atoms with E-state index in [1.807, 2.05) is 11.0 Å². The van der Waals surface area contributed by atoms with Crippen molar-refractivity contribution in [3.63, 3.8) is 0 Å². The molecule has 0 saturated carbocycles. The number of hydrogen-bond acceptors (Lipinski definition) is 3. The summed E-state index contributed by atoms with van der Waals surface area (Å²) in [5.74, 6) is -0.548. The van der Waals surface area contributed by atoms with Crippen LogP contribution in [0, 0.1) is 0 Å². The van der Waals surface area contributed by atoms with E-state index in [2.05, 4.69) is 15.9 Å². The third-order valence-electron chi connectivity index (χ3n) is 3.56. The topological polar surface area (TPSA) is 60.8 Å². The molecule has 4 nitrogen and oxygen atoms in total. The fourth-order valence-corrected chi connectivity index (χ4v) is 2.94. The minimum atomic E-state index is -0.767. The number of carbonyl (C=O) groups is 1. The van der Waals surface area contributed by atoms with Gasteiger partial charge in [0.2, 0.25) is 0 Å². The zero-order valence-corrected chi connectivity index (χ0v) is 12.3. The molecule has 5 heteroatoms. The Kier molecular flexibility index (Phi) is 4.82. The molecular formula is C14H18BrNO3. The molecule has 1 atom stereocenters. The number of aromatic hydroxyl groups is 1. The lowest BCUT2D eigenvalue weighted by molar-refractivity contribution is -0.143. The second-order valence-corrected chi connectivity index (χ2v) is 5.86. The normalized spacial score (nSPS) is 21.0. The second kappa shape index (κ2) is 6.39. The maximum atomic E-state index is 11.3. The van der Waals surface area contributed by atoms with Crippen molar-refractivity contribution >= 4 is 21.9 Å². The monoisotopic (exact) mass is 327 g/mol. The molecule has 104 valence electrons. The van der Waals surface area contributed by atoms with Crippen molar-refractivity contribution in [3.05, 3.63) is 28.2 Å². The van der Waals surface area contributed by atoms with Gasteiger partial charge in [-0.25, -0.2) is 0 Å². The predicted molar refractivity (Wildman–Crippen MR) is 76.1 cm³/mol. The molecule has 2 rings (SSSR count). The van der Waals surface area contributed by atoms with Gasteiger partial charge in [0.15, 0.2) is 0 Å². The van der Waals surface area contributed by atoms with Gasteiger partial charge in [-0.1, -0.05) is 28.8 Å². The average molecular weight is 328 g/mol. The number of carboxylic acid groups (broad SMARTS) is 1. The van der Waals surface area contributed by atoms with Crippen LogP contribution in [0.2, 0.25) is 0 Å². The summed E-state index contributed by atoms with van der Waals surface area (Å²) in [5, 5.41) is 19.2. The average Bonchev–Trinajstić information content (AvgIpc) is 2.59. The largest absolute Gasteiger partial charge is 0.508 e. The molecule has 0 amide bonds. The first-order valence-electron chi connectivity index (χ1n) is 6.52. The molecular weight excluding hydrogens is 310 g/mol. The first-order valence-corrected chi connectivity index (χ1v) is 7.31. The first-order chi connectivity index (χ1) is 9.08. The van der Waals surface area contributed by atoms with Gasteiger partial charge >= 0.3 is 5.97 Å². The molecule has 1 saturated heterocycles. The highest BCUT2D eigenvalue weighted by Gasteiger charge is 2.27. The summed E-state index contributed by atoms with van der Waals surface area (Å²) in [7, 11) is 0. The van der Waals surface area contributed by atoms with Gasteiger partial charge in [-0.3, -0.25) is 9.69 Å². The molecule has 0 aromatic heterocycles. The van der Waals surface area contributed by atoms with E-state index >= 15 is 0 Å². The smallest absolute Gasteiger partial charge is 0.320 e. The van der Waals surface area contributed by atoms with E-state index < -0.39 is 12.0 Å². The fraction of sp³-hybridized carbons (Fsp3) is 0.500. The lowest BCUT2D eigenvalue weighted by Gasteiger charge is -2.27. The summed E-state index contributed by atoms with van der Waals surface area (Å²) in [5.41, 5.74) is 0.766. The maximum absolute atomic E-state index is 11.3. The molecule has 1 fully saturated rings. The predicted octanol–water partition coefficient (Wildman–Crippen LogP) is 2.98. The molecule has 1 aromatic carbocycles. The van der Waals surface area contributed by atoms with E-state index in [0.717, 1.165) is 35.8 Å². The third-order valence-corrected chi connectivity index (χ3v) is 4.06. The van der Waals surface area contributed by atoms with Crippen molar-refractivity contribution < 1.29 is 15.0 Å². The van der Waals surface area contributed by atoms with Crippen molar-refractivity contribution in [2.45, 2.75) is 38.3 Å². The van der Waals surface area contributed by atoms with Gasteiger partial charge in [-0.15, -0.1) is 0 Å². The Morgan fingerprint density at radius 2 is 2.16 bits per heavy atom. The van der Waals surface area contributed by atoms with Crippen LogP contribution in [0.25, 0.3) is 0 Å². The highest BCUT2D eigenvalue weighted by molar-refractivity contribution is 9.10. The van der Waals surface area contributed by atoms with Crippen LogP contribution in [-0.2, 0) is 11.3 Å². The fourth-order valence-electron chi connectivity index (χ4n) is 2.54. The zero-order valence-electron chi connectivity index (χ0n) is 10.7. The lowest BCUT2D eigenvalue weighted by Crippen LogP contribution is -2.40. The van der Waals surface area contributed by atoms with Crippen LogP contribution in [0.4, 0.5) is 0 Å². The molecule has 1 aliphatic heterocycles. The number of likely N-dealkylation sites (tertiary alicyclic amines) is 1. The molecule has 1 heterocycles. The van der Waals surface area contributed by atoms with E-state index in [9.17, 15) is 15.0 Å². The minimum absolute atomic E-state index is 0.219. The Morgan fingerprint density at radius 1 is 1.37 bits per heavy atom. The van der Waals surface area contributed by atoms with Gasteiger partial charge in [0.05, 0.1) is 0 Å². The minimum Gasteiger partial charge on any atom is -0.508 e. The molecule has 1 aliphatic rings. The van der Waals surface area contributed by atoms with Crippen LogP contribution in [-0.4, -0.2) is 33.7 Å². The molecule has 1 aromatic rings. The van der Waals surface area contributed by atoms with E-state index in [4.69, 9.17) is 0 Å². The lowest BCUT2D eigenvalue weighted by atomic mass is 10.1. The summed E-state index contributed by atoms with van der Waals surface area (Å²) < 4.78 is 0.891. The van der Waals surface area contributed by atoms with Crippen LogP contribution in [0.15, 0.2) is 22.7 Å². The van der Waals surface area contributed by atoms with E-state index in [1.165, 1.54) is 0 Å². The zero-order chi connectivity index (χ0) is 13.8. The summed E-state index contributed by atoms with van der Waals surface area (Å²) in [4.78, 5) is 13.3. The van der Waals surface area contributed by atoms with Gasteiger partial charge in [-0.05, 0) is 37.6 Å². The van der Waals surface area contributed by atoms with Crippen molar-refractivity contribution in [2.75, 3.05) is 6.54 Å². The Labute approximate surface area is 121 Å². The Bertz CT molecular complexity index is 464. The SMILES string of the molecule is O=C(O)C1CCCCCN1Cc1cc(Br)ccc1O. The van der Waals surface area contributed by atoms with Crippen molar-refractivity contribution in [1.82, 2.24) is 4.90 Å². The van der Waals surface area contributed by atoms with E-state index in [-0.39, 0.29) is 5.75 Å². The van der Waals surface area contributed by atoms with Gasteiger partial charge in [0, 0.05) is 16.6 Å². The number of rotatable bonds is 3. The number of halogens is 1. The van der Waals surface area contributed by atoms with Gasteiger partial charge in [-0.2, -0.15) is 0 Å². The van der Waals surface area contributed by atoms with Crippen molar-refractivity contribution in [2.24, 2.45) is 0 Å². The summed E-state index contributed by atoms with van der Waals surface area (Å²) in [6.07, 6.45) is 3.73. The standard InChI is InChI=1S/C14H18BrNO3/c15-11-5-6-13(17)10(8-11)9-16-7-3-1-2-4-12(16)14(18)19/h5-6,8,12,17H,1-4,7,9H2,(H,18,19). The summed E-state index contributed by atoms with van der Waals surface area (Å²) >= 11 is 3.37. The van der Waals surface area contributed by atoms with Gasteiger partial charge in [0.1, 0.15) is 11.8 Å². The molecule has 0 radical (unpaired) electrons. The number of carboxylic acids is 1.